The van der Waals surface area contributed by atoms with Crippen molar-refractivity contribution in [3.05, 3.63) is 0 Å². The fraction of sp³-hybridized carbons (Fsp3) is 0.767. The number of hydrogen-bond acceptors (Lipinski definition) is 26. The van der Waals surface area contributed by atoms with Crippen LogP contribution in [-0.4, -0.2) is 286 Å². The summed E-state index contributed by atoms with van der Waals surface area (Å²) in [6.07, 6.45) is 0.420. The summed E-state index contributed by atoms with van der Waals surface area (Å²) in [5.41, 5.74) is 28.8. The molecule has 0 aromatic rings. The van der Waals surface area contributed by atoms with Crippen LogP contribution in [0, 0.1) is 17.8 Å². The highest BCUT2D eigenvalue weighted by molar-refractivity contribution is 7.98. The van der Waals surface area contributed by atoms with Gasteiger partial charge in [0.15, 0.2) is 6.10 Å². The van der Waals surface area contributed by atoms with Crippen molar-refractivity contribution in [1.82, 2.24) is 73.6 Å². The third kappa shape index (κ3) is 34.3. The van der Waals surface area contributed by atoms with E-state index in [1.807, 2.05) is 0 Å². The van der Waals surface area contributed by atoms with Gasteiger partial charge in [-0.25, -0.2) is 9.59 Å². The molecular formula is C73H129N19O21S2. The molecule has 17 atom stereocenters. The number of carbonyl (C=O) groups is 17. The molecule has 0 bridgehead atoms. The van der Waals surface area contributed by atoms with Crippen LogP contribution >= 0.6 is 24.4 Å². The van der Waals surface area contributed by atoms with Crippen LogP contribution in [0.1, 0.15) is 178 Å². The molecule has 0 saturated carbocycles. The first-order valence-corrected chi connectivity index (χ1v) is 41.4. The van der Waals surface area contributed by atoms with Gasteiger partial charge in [-0.1, -0.05) is 41.5 Å². The van der Waals surface area contributed by atoms with E-state index in [4.69, 9.17) is 33.4 Å². The van der Waals surface area contributed by atoms with Gasteiger partial charge in [-0.05, 0) is 173 Å². The van der Waals surface area contributed by atoms with E-state index in [0.717, 1.165) is 0 Å². The molecule has 2 heterocycles. The maximum atomic E-state index is 15.0. The lowest BCUT2D eigenvalue weighted by atomic mass is 9.99. The maximum absolute atomic E-state index is 15.0. The first-order chi connectivity index (χ1) is 54.2. The van der Waals surface area contributed by atoms with Crippen LogP contribution in [0.15, 0.2) is 0 Å². The number of aliphatic carboxylic acids is 1. The Morgan fingerprint density at radius 1 is 0.522 bits per heavy atom. The Hall–Kier alpha value is -8.55. The molecule has 0 radical (unpaired) electrons. The fourth-order valence-electron chi connectivity index (χ4n) is 12.9. The van der Waals surface area contributed by atoms with Gasteiger partial charge in [0, 0.05) is 31.7 Å². The number of primary amides is 1. The normalized spacial score (nSPS) is 18.4. The molecule has 2 aliphatic heterocycles. The number of carbonyl (C=O) groups excluding carboxylic acids is 16. The van der Waals surface area contributed by atoms with Gasteiger partial charge in [-0.2, -0.15) is 24.4 Å². The molecule has 42 heteroatoms. The van der Waals surface area contributed by atoms with Crippen molar-refractivity contribution >= 4 is 125 Å². The second-order valence-electron chi connectivity index (χ2n) is 30.0. The SMILES string of the molecule is CSCC[C@H](NC(=O)[C@@H]1CCCN1C(=O)[C@H](C(C)C)N1C(=O)[C@@H](OC(=O)[C@H](CC(N)=O)NC(=O)[C@H](CCCCN)NC(=O)[C@H](CCCCN)NC(=O)[C@H](CCCCN)NC(=O)[C@H](CCCCN)NC(=O)[C@H](CO)NC(=O)[C@H](CS)NC(C)=O)CC1C)C(=O)N[C@H](C(=O)N[C@@H](C)C(=O)N[C@H](C(=O)N[C@H](C(=O)O)C(C)C)[C@H](C)O)C(C)C. The molecular weight excluding hydrogens is 1540 g/mol. The summed E-state index contributed by atoms with van der Waals surface area (Å²) in [4.78, 5) is 236. The minimum absolute atomic E-state index is 0.0252. The van der Waals surface area contributed by atoms with Crippen molar-refractivity contribution in [3.8, 4) is 0 Å². The predicted molar refractivity (Wildman–Crippen MR) is 427 cm³/mol. The Bertz CT molecular complexity index is 3270. The average Bonchev–Trinajstić information content (AvgIpc) is 1.63. The summed E-state index contributed by atoms with van der Waals surface area (Å²) < 4.78 is 5.79. The quantitative estimate of drug-likeness (QED) is 0.0153. The molecule has 2 saturated heterocycles. The number of thiol groups is 1. The number of ether oxygens (including phenoxy) is 1. The molecule has 2 rings (SSSR count). The zero-order chi connectivity index (χ0) is 87.1. The number of carboxylic acid groups (broad SMARTS) is 1. The van der Waals surface area contributed by atoms with Gasteiger partial charge >= 0.3 is 11.9 Å². The van der Waals surface area contributed by atoms with E-state index in [1.165, 1.54) is 42.3 Å². The molecule has 1 unspecified atom stereocenters. The van der Waals surface area contributed by atoms with Gasteiger partial charge in [-0.3, -0.25) is 71.9 Å². The summed E-state index contributed by atoms with van der Waals surface area (Å²) in [5, 5.41) is 60.4. The van der Waals surface area contributed by atoms with Crippen molar-refractivity contribution in [2.75, 3.05) is 57.1 Å². The molecule has 654 valence electrons. The summed E-state index contributed by atoms with van der Waals surface area (Å²) in [6, 6.07) is -20.5. The molecule has 0 aliphatic carbocycles. The second kappa shape index (κ2) is 52.9. The first kappa shape index (κ1) is 103. The largest absolute Gasteiger partial charge is 0.480 e. The molecule has 15 amide bonds. The van der Waals surface area contributed by atoms with Crippen molar-refractivity contribution < 1.29 is 102 Å². The van der Waals surface area contributed by atoms with Crippen LogP contribution in [0.25, 0.3) is 0 Å². The minimum Gasteiger partial charge on any atom is -0.480 e. The average molecular weight is 1670 g/mol. The van der Waals surface area contributed by atoms with Crippen LogP contribution in [0.3, 0.4) is 0 Å². The van der Waals surface area contributed by atoms with Gasteiger partial charge in [0.2, 0.25) is 82.7 Å². The topological polar surface area (TPSA) is 641 Å². The first-order valence-electron chi connectivity index (χ1n) is 39.3. The lowest BCUT2D eigenvalue weighted by Gasteiger charge is -2.37. The summed E-state index contributed by atoms with van der Waals surface area (Å²) in [7, 11) is 0. The Morgan fingerprint density at radius 3 is 1.33 bits per heavy atom. The number of amides is 15. The summed E-state index contributed by atoms with van der Waals surface area (Å²) in [5.74, 6) is -17.2. The van der Waals surface area contributed by atoms with Crippen LogP contribution < -0.4 is 92.5 Å². The zero-order valence-corrected chi connectivity index (χ0v) is 69.8. The van der Waals surface area contributed by atoms with Crippen LogP contribution in [0.2, 0.25) is 0 Å². The third-order valence-electron chi connectivity index (χ3n) is 19.4. The highest BCUT2D eigenvalue weighted by Gasteiger charge is 2.50. The van der Waals surface area contributed by atoms with E-state index in [1.54, 1.807) is 54.7 Å². The van der Waals surface area contributed by atoms with Gasteiger partial charge < -0.3 is 122 Å². The second-order valence-corrected chi connectivity index (χ2v) is 31.4. The number of hydrogen-bond donors (Lipinski definition) is 21. The van der Waals surface area contributed by atoms with E-state index in [0.29, 0.717) is 44.3 Å². The van der Waals surface area contributed by atoms with E-state index < -0.39 is 234 Å². The number of esters is 1. The summed E-state index contributed by atoms with van der Waals surface area (Å²) >= 11 is 5.43. The number of rotatable bonds is 55. The number of aliphatic hydroxyl groups excluding tert-OH is 2. The number of aliphatic hydroxyl groups is 2. The van der Waals surface area contributed by atoms with Gasteiger partial charge in [-0.15, -0.1) is 0 Å². The van der Waals surface area contributed by atoms with Gasteiger partial charge in [0.05, 0.1) is 19.1 Å². The van der Waals surface area contributed by atoms with Gasteiger partial charge in [0.1, 0.15) is 84.6 Å². The molecule has 0 aromatic carbocycles. The molecule has 25 N–H and O–H groups in total. The number of nitrogens with zero attached hydrogens (tertiary/aromatic N) is 2. The Labute approximate surface area is 681 Å². The molecule has 40 nitrogen and oxygen atoms in total. The third-order valence-corrected chi connectivity index (χ3v) is 20.4. The highest BCUT2D eigenvalue weighted by Crippen LogP contribution is 2.31. The van der Waals surface area contributed by atoms with Crippen molar-refractivity contribution in [1.29, 1.82) is 0 Å². The van der Waals surface area contributed by atoms with Crippen LogP contribution in [0.4, 0.5) is 0 Å². The van der Waals surface area contributed by atoms with E-state index in [-0.39, 0.29) is 103 Å². The fourth-order valence-corrected chi connectivity index (χ4v) is 13.6. The number of thioether (sulfide) groups is 1. The van der Waals surface area contributed by atoms with Crippen LogP contribution in [-0.2, 0) is 86.2 Å². The van der Waals surface area contributed by atoms with Crippen molar-refractivity contribution in [2.24, 2.45) is 46.4 Å². The molecule has 0 spiro atoms. The lowest BCUT2D eigenvalue weighted by molar-refractivity contribution is -0.161. The zero-order valence-electron chi connectivity index (χ0n) is 68.1. The minimum atomic E-state index is -1.87. The number of likely N-dealkylation sites (tertiary alicyclic amines) is 2. The number of unbranched alkanes of at least 4 members (excludes halogenated alkanes) is 4. The van der Waals surface area contributed by atoms with Gasteiger partial charge in [0.25, 0.3) is 5.91 Å². The number of nitrogens with one attached hydrogen (secondary N) is 12. The lowest BCUT2D eigenvalue weighted by Crippen LogP contribution is -2.61. The predicted octanol–water partition coefficient (Wildman–Crippen LogP) is -5.76. The Morgan fingerprint density at radius 2 is 0.930 bits per heavy atom. The van der Waals surface area contributed by atoms with E-state index in [9.17, 15) is 92.0 Å². The monoisotopic (exact) mass is 1670 g/mol. The number of nitrogens with two attached hydrogens (primary N) is 5. The van der Waals surface area contributed by atoms with E-state index in [2.05, 4.69) is 76.4 Å². The highest BCUT2D eigenvalue weighted by atomic mass is 32.2. The van der Waals surface area contributed by atoms with Crippen molar-refractivity contribution in [2.45, 2.75) is 281 Å². The standard InChI is InChI=1S/C73H129N19O21S2/c1-37(2)55(68(106)79-41(8)59(97)90-57(42(9)94)69(107)89-56(38(3)4)72(110)111)88-64(102)48(26-32-115-11)85-67(105)52-25-20-31-91(52)71(109)58(39(5)6)92-40(7)33-53(70(92)108)113-73(112)49(34-54(78)96)86-63(101)47(24-15-19-30-77)83-61(99)45(22-13-17-28-75)81-60(98)44(21-12-16-27-74)82-62(100)46(23-14-18-29-76)84-65(103)50(35-93)87-66(104)51(36-114)80-43(10)95/h37-42,44-53,55-58,93-94,114H,12-36,74-77H2,1-11H3,(H2,78,96)(H,79,106)(H,80,95)(H,81,98)(H,82,100)(H,83,99)(H,84,103)(H,85,105)(H,86,101)(H,87,104)(H,88,102)(H,89,107)(H,90,97)(H,110,111)/t40?,41-,42-,44-,45-,46-,47-,48-,49-,50-,51-,52-,53-,55-,56-,57-,58-/m0/s1. The molecule has 115 heavy (non-hydrogen) atoms. The Kier molecular flexibility index (Phi) is 47.2. The van der Waals surface area contributed by atoms with Crippen LogP contribution in [0.5, 0.6) is 0 Å². The van der Waals surface area contributed by atoms with Crippen molar-refractivity contribution in [3.63, 3.8) is 0 Å². The summed E-state index contributed by atoms with van der Waals surface area (Å²) in [6.45, 7) is 14.8. The van der Waals surface area contributed by atoms with E-state index >= 15 is 4.79 Å². The molecule has 0 aromatic heterocycles. The Balaban J connectivity index is 2.43. The number of carboxylic acids is 1. The smallest absolute Gasteiger partial charge is 0.329 e. The molecule has 2 fully saturated rings. The maximum Gasteiger partial charge on any atom is 0.329 e. The molecule has 2 aliphatic rings.